The Hall–Kier alpha value is -2.82. The van der Waals surface area contributed by atoms with Gasteiger partial charge in [0.05, 0.1) is 6.54 Å². The van der Waals surface area contributed by atoms with E-state index in [1.54, 1.807) is 6.07 Å². The SMILES string of the molecule is CC1(C(=O)N2CCOc3ccc(C(=O)NCc4ccccc4)cc3C2)CC1. The second-order valence-corrected chi connectivity index (χ2v) is 7.63. The van der Waals surface area contributed by atoms with E-state index in [1.165, 1.54) is 0 Å². The molecule has 1 N–H and O–H groups in total. The van der Waals surface area contributed by atoms with Crippen LogP contribution < -0.4 is 10.1 Å². The smallest absolute Gasteiger partial charge is 0.251 e. The largest absolute Gasteiger partial charge is 0.491 e. The van der Waals surface area contributed by atoms with Crippen LogP contribution in [-0.4, -0.2) is 29.9 Å². The summed E-state index contributed by atoms with van der Waals surface area (Å²) in [4.78, 5) is 27.1. The van der Waals surface area contributed by atoms with Gasteiger partial charge in [0.2, 0.25) is 5.91 Å². The average molecular weight is 364 g/mol. The fraction of sp³-hybridized carbons (Fsp3) is 0.364. The summed E-state index contributed by atoms with van der Waals surface area (Å²) in [7, 11) is 0. The summed E-state index contributed by atoms with van der Waals surface area (Å²) in [5.74, 6) is 0.821. The molecule has 0 saturated heterocycles. The predicted molar refractivity (Wildman–Crippen MR) is 102 cm³/mol. The molecule has 0 atom stereocenters. The van der Waals surface area contributed by atoms with Gasteiger partial charge in [0, 0.05) is 29.6 Å². The minimum atomic E-state index is -0.199. The molecule has 2 amide bonds. The van der Waals surface area contributed by atoms with E-state index in [9.17, 15) is 9.59 Å². The monoisotopic (exact) mass is 364 g/mol. The number of amides is 2. The molecule has 1 heterocycles. The molecule has 140 valence electrons. The van der Waals surface area contributed by atoms with Crippen LogP contribution in [0.4, 0.5) is 0 Å². The van der Waals surface area contributed by atoms with Gasteiger partial charge in [-0.2, -0.15) is 0 Å². The molecule has 0 bridgehead atoms. The van der Waals surface area contributed by atoms with Gasteiger partial charge in [-0.1, -0.05) is 37.3 Å². The number of benzene rings is 2. The number of carbonyl (C=O) groups excluding carboxylic acids is 2. The molecule has 0 unspecified atom stereocenters. The highest BCUT2D eigenvalue weighted by atomic mass is 16.5. The number of hydrogen-bond acceptors (Lipinski definition) is 3. The first-order valence-electron chi connectivity index (χ1n) is 9.42. The van der Waals surface area contributed by atoms with Gasteiger partial charge in [-0.25, -0.2) is 0 Å². The molecule has 5 nitrogen and oxygen atoms in total. The third kappa shape index (κ3) is 3.82. The Morgan fingerprint density at radius 3 is 2.67 bits per heavy atom. The van der Waals surface area contributed by atoms with Gasteiger partial charge in [0.1, 0.15) is 12.4 Å². The Kier molecular flexibility index (Phi) is 4.60. The molecule has 1 saturated carbocycles. The first-order chi connectivity index (χ1) is 13.0. The van der Waals surface area contributed by atoms with Crippen LogP contribution in [0.1, 0.15) is 41.3 Å². The van der Waals surface area contributed by atoms with Crippen LogP contribution >= 0.6 is 0 Å². The molecule has 1 aliphatic carbocycles. The zero-order valence-electron chi connectivity index (χ0n) is 15.5. The standard InChI is InChI=1S/C22H24N2O3/c1-22(9-10-22)21(26)24-11-12-27-19-8-7-17(13-18(19)15-24)20(25)23-14-16-5-3-2-4-6-16/h2-8,13H,9-12,14-15H2,1H3,(H,23,25). The van der Waals surface area contributed by atoms with Crippen molar-refractivity contribution < 1.29 is 14.3 Å². The molecular formula is C22H24N2O3. The summed E-state index contributed by atoms with van der Waals surface area (Å²) in [6.07, 6.45) is 1.91. The van der Waals surface area contributed by atoms with Crippen molar-refractivity contribution in [2.24, 2.45) is 5.41 Å². The van der Waals surface area contributed by atoms with Gasteiger partial charge in [-0.3, -0.25) is 9.59 Å². The minimum Gasteiger partial charge on any atom is -0.491 e. The van der Waals surface area contributed by atoms with E-state index in [1.807, 2.05) is 54.3 Å². The highest BCUT2D eigenvalue weighted by Crippen LogP contribution is 2.47. The van der Waals surface area contributed by atoms with Crippen molar-refractivity contribution >= 4 is 11.8 Å². The summed E-state index contributed by atoms with van der Waals surface area (Å²) >= 11 is 0. The van der Waals surface area contributed by atoms with Crippen molar-refractivity contribution in [1.29, 1.82) is 0 Å². The fourth-order valence-corrected chi connectivity index (χ4v) is 3.37. The molecule has 2 aliphatic rings. The second kappa shape index (κ2) is 7.06. The molecule has 1 fully saturated rings. The number of rotatable bonds is 4. The number of nitrogens with one attached hydrogen (secondary N) is 1. The molecule has 0 radical (unpaired) electrons. The van der Waals surface area contributed by atoms with E-state index in [-0.39, 0.29) is 17.2 Å². The lowest BCUT2D eigenvalue weighted by molar-refractivity contribution is -0.137. The van der Waals surface area contributed by atoms with Gasteiger partial charge >= 0.3 is 0 Å². The van der Waals surface area contributed by atoms with E-state index in [0.717, 1.165) is 29.7 Å². The van der Waals surface area contributed by atoms with Crippen LogP contribution in [0.15, 0.2) is 48.5 Å². The maximum Gasteiger partial charge on any atom is 0.251 e. The van der Waals surface area contributed by atoms with E-state index in [2.05, 4.69) is 5.32 Å². The third-order valence-corrected chi connectivity index (χ3v) is 5.40. The Balaban J connectivity index is 1.47. The van der Waals surface area contributed by atoms with Gasteiger partial charge in [0.25, 0.3) is 5.91 Å². The van der Waals surface area contributed by atoms with Crippen LogP contribution in [0.5, 0.6) is 5.75 Å². The summed E-state index contributed by atoms with van der Waals surface area (Å²) in [5, 5.41) is 2.95. The molecule has 2 aromatic rings. The van der Waals surface area contributed by atoms with Crippen molar-refractivity contribution in [2.75, 3.05) is 13.2 Å². The number of fused-ring (bicyclic) bond motifs is 1. The lowest BCUT2D eigenvalue weighted by atomic mass is 10.1. The summed E-state index contributed by atoms with van der Waals surface area (Å²) in [5.41, 5.74) is 2.32. The first-order valence-corrected chi connectivity index (χ1v) is 9.42. The molecule has 2 aromatic carbocycles. The van der Waals surface area contributed by atoms with Crippen LogP contribution in [0.3, 0.4) is 0 Å². The summed E-state index contributed by atoms with van der Waals surface area (Å²) in [6.45, 7) is 4.06. The van der Waals surface area contributed by atoms with Crippen molar-refractivity contribution in [2.45, 2.75) is 32.9 Å². The Morgan fingerprint density at radius 2 is 1.93 bits per heavy atom. The normalized spacial score (nSPS) is 17.3. The van der Waals surface area contributed by atoms with Crippen molar-refractivity contribution in [3.05, 3.63) is 65.2 Å². The Morgan fingerprint density at radius 1 is 1.15 bits per heavy atom. The second-order valence-electron chi connectivity index (χ2n) is 7.63. The van der Waals surface area contributed by atoms with Crippen molar-refractivity contribution in [3.8, 4) is 5.75 Å². The number of ether oxygens (including phenoxy) is 1. The Labute approximate surface area is 159 Å². The van der Waals surface area contributed by atoms with Crippen LogP contribution in [0.2, 0.25) is 0 Å². The lowest BCUT2D eigenvalue weighted by Crippen LogP contribution is -2.37. The van der Waals surface area contributed by atoms with E-state index >= 15 is 0 Å². The first kappa shape index (κ1) is 17.6. The zero-order valence-corrected chi connectivity index (χ0v) is 15.5. The molecule has 27 heavy (non-hydrogen) atoms. The third-order valence-electron chi connectivity index (χ3n) is 5.40. The molecule has 5 heteroatoms. The number of nitrogens with zero attached hydrogens (tertiary/aromatic N) is 1. The van der Waals surface area contributed by atoms with Crippen LogP contribution in [0, 0.1) is 5.41 Å². The maximum atomic E-state index is 12.7. The van der Waals surface area contributed by atoms with Gasteiger partial charge in [-0.05, 0) is 36.6 Å². The van der Waals surface area contributed by atoms with E-state index < -0.39 is 0 Å². The van der Waals surface area contributed by atoms with E-state index in [0.29, 0.717) is 31.8 Å². The quantitative estimate of drug-likeness (QED) is 0.907. The highest BCUT2D eigenvalue weighted by molar-refractivity contribution is 5.94. The highest BCUT2D eigenvalue weighted by Gasteiger charge is 2.47. The topological polar surface area (TPSA) is 58.6 Å². The molecule has 0 aromatic heterocycles. The van der Waals surface area contributed by atoms with Gasteiger partial charge in [0.15, 0.2) is 0 Å². The predicted octanol–water partition coefficient (Wildman–Crippen LogP) is 3.14. The maximum absolute atomic E-state index is 12.7. The van der Waals surface area contributed by atoms with Crippen molar-refractivity contribution in [1.82, 2.24) is 10.2 Å². The molecule has 4 rings (SSSR count). The molecule has 1 aliphatic heterocycles. The van der Waals surface area contributed by atoms with Crippen molar-refractivity contribution in [3.63, 3.8) is 0 Å². The van der Waals surface area contributed by atoms with E-state index in [4.69, 9.17) is 4.74 Å². The van der Waals surface area contributed by atoms with Gasteiger partial charge in [-0.15, -0.1) is 0 Å². The number of hydrogen-bond donors (Lipinski definition) is 1. The molecule has 0 spiro atoms. The summed E-state index contributed by atoms with van der Waals surface area (Å²) < 4.78 is 5.80. The minimum absolute atomic E-state index is 0.127. The Bertz CT molecular complexity index is 859. The molecular weight excluding hydrogens is 340 g/mol. The lowest BCUT2D eigenvalue weighted by Gasteiger charge is -2.23. The van der Waals surface area contributed by atoms with Crippen LogP contribution in [0.25, 0.3) is 0 Å². The zero-order chi connectivity index (χ0) is 18.9. The average Bonchev–Trinajstić information content (AvgIpc) is 3.48. The van der Waals surface area contributed by atoms with Crippen LogP contribution in [-0.2, 0) is 17.9 Å². The number of carbonyl (C=O) groups is 2. The fourth-order valence-electron chi connectivity index (χ4n) is 3.37. The summed E-state index contributed by atoms with van der Waals surface area (Å²) in [6, 6.07) is 15.3. The van der Waals surface area contributed by atoms with Gasteiger partial charge < -0.3 is 15.0 Å².